The number of rotatable bonds is 4. The van der Waals surface area contributed by atoms with E-state index in [-0.39, 0.29) is 6.54 Å². The van der Waals surface area contributed by atoms with Crippen molar-refractivity contribution >= 4 is 5.91 Å². The largest absolute Gasteiger partial charge is 0.345 e. The lowest BCUT2D eigenvalue weighted by Crippen LogP contribution is -2.26. The lowest BCUT2D eigenvalue weighted by molar-refractivity contribution is 0.0944. The van der Waals surface area contributed by atoms with Crippen molar-refractivity contribution < 1.29 is 18.0 Å². The first-order valence-corrected chi connectivity index (χ1v) is 7.28. The summed E-state index contributed by atoms with van der Waals surface area (Å²) >= 11 is 0. The second-order valence-electron chi connectivity index (χ2n) is 5.59. The van der Waals surface area contributed by atoms with Crippen molar-refractivity contribution in [1.29, 1.82) is 0 Å². The molecule has 1 heterocycles. The van der Waals surface area contributed by atoms with Crippen molar-refractivity contribution in [3.63, 3.8) is 0 Å². The average molecular weight is 324 g/mol. The highest BCUT2D eigenvalue weighted by Crippen LogP contribution is 2.35. The van der Waals surface area contributed by atoms with E-state index in [1.807, 2.05) is 0 Å². The molecule has 0 spiro atoms. The summed E-state index contributed by atoms with van der Waals surface area (Å²) in [7, 11) is 1.80. The van der Waals surface area contributed by atoms with Gasteiger partial charge in [0.25, 0.3) is 5.91 Å². The van der Waals surface area contributed by atoms with Crippen LogP contribution >= 0.6 is 0 Å². The van der Waals surface area contributed by atoms with Crippen LogP contribution in [0.5, 0.6) is 0 Å². The van der Waals surface area contributed by atoms with Gasteiger partial charge in [-0.15, -0.1) is 10.2 Å². The fraction of sp³-hybridized carbons (Fsp3) is 0.400. The molecule has 5 nitrogen and oxygen atoms in total. The molecule has 3 rings (SSSR count). The Hall–Kier alpha value is -2.38. The number of benzene rings is 1. The van der Waals surface area contributed by atoms with Gasteiger partial charge in [-0.05, 0) is 18.9 Å². The van der Waals surface area contributed by atoms with Crippen LogP contribution in [0.4, 0.5) is 13.2 Å². The van der Waals surface area contributed by atoms with Crippen LogP contribution in [-0.2, 0) is 13.6 Å². The molecule has 0 radical (unpaired) electrons. The molecule has 1 amide bonds. The van der Waals surface area contributed by atoms with Crippen LogP contribution in [0.2, 0.25) is 0 Å². The molecule has 8 heteroatoms. The van der Waals surface area contributed by atoms with Gasteiger partial charge in [0.1, 0.15) is 11.6 Å². The second-order valence-corrected chi connectivity index (χ2v) is 5.59. The Morgan fingerprint density at radius 1 is 1.22 bits per heavy atom. The summed E-state index contributed by atoms with van der Waals surface area (Å²) in [6.07, 6.45) is 3.30. The molecule has 1 aliphatic rings. The molecule has 23 heavy (non-hydrogen) atoms. The topological polar surface area (TPSA) is 59.8 Å². The SMILES string of the molecule is Cn1c(CNC(=O)c2cc(F)c(F)cc2F)nnc1C1CCC1. The van der Waals surface area contributed by atoms with Gasteiger partial charge in [-0.25, -0.2) is 13.2 Å². The van der Waals surface area contributed by atoms with Crippen molar-refractivity contribution in [2.24, 2.45) is 7.05 Å². The normalized spacial score (nSPS) is 14.6. The van der Waals surface area contributed by atoms with E-state index in [4.69, 9.17) is 0 Å². The minimum atomic E-state index is -1.34. The van der Waals surface area contributed by atoms with Gasteiger partial charge < -0.3 is 9.88 Å². The van der Waals surface area contributed by atoms with Crippen LogP contribution in [0.15, 0.2) is 12.1 Å². The Morgan fingerprint density at radius 2 is 1.91 bits per heavy atom. The van der Waals surface area contributed by atoms with Gasteiger partial charge in [0, 0.05) is 19.0 Å². The number of nitrogens with zero attached hydrogens (tertiary/aromatic N) is 3. The Kier molecular flexibility index (Phi) is 4.06. The zero-order valence-electron chi connectivity index (χ0n) is 12.4. The summed E-state index contributed by atoms with van der Waals surface area (Å²) in [4.78, 5) is 11.9. The van der Waals surface area contributed by atoms with Crippen molar-refractivity contribution in [1.82, 2.24) is 20.1 Å². The summed E-state index contributed by atoms with van der Waals surface area (Å²) in [6, 6.07) is 0.887. The average Bonchev–Trinajstić information content (AvgIpc) is 2.80. The van der Waals surface area contributed by atoms with Crippen LogP contribution in [0.3, 0.4) is 0 Å². The third kappa shape index (κ3) is 2.93. The summed E-state index contributed by atoms with van der Waals surface area (Å²) in [6.45, 7) is 0.0213. The van der Waals surface area contributed by atoms with Crippen molar-refractivity contribution in [2.45, 2.75) is 31.7 Å². The molecule has 1 aromatic carbocycles. The Bertz CT molecular complexity index is 755. The molecule has 0 saturated heterocycles. The second kappa shape index (κ2) is 6.02. The lowest BCUT2D eigenvalue weighted by atomic mass is 9.85. The molecule has 1 fully saturated rings. The first-order chi connectivity index (χ1) is 11.0. The van der Waals surface area contributed by atoms with Crippen LogP contribution in [0.1, 0.15) is 47.2 Å². The van der Waals surface area contributed by atoms with Crippen LogP contribution in [0.25, 0.3) is 0 Å². The number of hydrogen-bond acceptors (Lipinski definition) is 3. The highest BCUT2D eigenvalue weighted by molar-refractivity contribution is 5.94. The first-order valence-electron chi connectivity index (χ1n) is 7.28. The maximum absolute atomic E-state index is 13.5. The van der Waals surface area contributed by atoms with E-state index in [2.05, 4.69) is 15.5 Å². The van der Waals surface area contributed by atoms with Gasteiger partial charge in [-0.3, -0.25) is 4.79 Å². The number of carbonyl (C=O) groups excluding carboxylic acids is 1. The van der Waals surface area contributed by atoms with Crippen molar-refractivity contribution in [3.8, 4) is 0 Å². The molecule has 2 aromatic rings. The third-order valence-corrected chi connectivity index (χ3v) is 4.13. The number of halogens is 3. The molecule has 0 unspecified atom stereocenters. The van der Waals surface area contributed by atoms with Crippen LogP contribution in [0, 0.1) is 17.5 Å². The lowest BCUT2D eigenvalue weighted by Gasteiger charge is -2.24. The first kappa shape index (κ1) is 15.5. The molecule has 0 bridgehead atoms. The van der Waals surface area contributed by atoms with E-state index in [0.717, 1.165) is 18.7 Å². The highest BCUT2D eigenvalue weighted by atomic mass is 19.2. The summed E-state index contributed by atoms with van der Waals surface area (Å²) in [5.74, 6) is -2.80. The summed E-state index contributed by atoms with van der Waals surface area (Å²) < 4.78 is 41.4. The molecule has 1 N–H and O–H groups in total. The van der Waals surface area contributed by atoms with Crippen molar-refractivity contribution in [2.75, 3.05) is 0 Å². The molecule has 0 aliphatic heterocycles. The zero-order valence-corrected chi connectivity index (χ0v) is 12.4. The zero-order chi connectivity index (χ0) is 16.6. The smallest absolute Gasteiger partial charge is 0.254 e. The van der Waals surface area contributed by atoms with E-state index >= 15 is 0 Å². The van der Waals surface area contributed by atoms with Gasteiger partial charge in [0.15, 0.2) is 17.5 Å². The van der Waals surface area contributed by atoms with Gasteiger partial charge in [-0.2, -0.15) is 0 Å². The molecule has 1 saturated carbocycles. The summed E-state index contributed by atoms with van der Waals surface area (Å²) in [5, 5.41) is 10.6. The van der Waals surface area contributed by atoms with Crippen LogP contribution in [-0.4, -0.2) is 20.7 Å². The number of carbonyl (C=O) groups is 1. The molecular formula is C15H15F3N4O. The number of nitrogens with one attached hydrogen (secondary N) is 1. The van der Waals surface area contributed by atoms with E-state index in [0.29, 0.717) is 23.9 Å². The van der Waals surface area contributed by atoms with Gasteiger partial charge in [-0.1, -0.05) is 6.42 Å². The quantitative estimate of drug-likeness (QED) is 0.879. The van der Waals surface area contributed by atoms with Gasteiger partial charge >= 0.3 is 0 Å². The minimum absolute atomic E-state index is 0.0213. The van der Waals surface area contributed by atoms with Gasteiger partial charge in [0.05, 0.1) is 12.1 Å². The Morgan fingerprint density at radius 3 is 2.57 bits per heavy atom. The summed E-state index contributed by atoms with van der Waals surface area (Å²) in [5.41, 5.74) is -0.551. The fourth-order valence-electron chi connectivity index (χ4n) is 2.50. The Balaban J connectivity index is 1.70. The van der Waals surface area contributed by atoms with E-state index in [9.17, 15) is 18.0 Å². The maximum Gasteiger partial charge on any atom is 0.254 e. The minimum Gasteiger partial charge on any atom is -0.345 e. The van der Waals surface area contributed by atoms with E-state index < -0.39 is 28.9 Å². The van der Waals surface area contributed by atoms with Crippen molar-refractivity contribution in [3.05, 3.63) is 46.8 Å². The monoisotopic (exact) mass is 324 g/mol. The Labute approximate surface area is 130 Å². The van der Waals surface area contributed by atoms with Crippen LogP contribution < -0.4 is 5.32 Å². The van der Waals surface area contributed by atoms with E-state index in [1.54, 1.807) is 11.6 Å². The molecule has 122 valence electrons. The predicted molar refractivity (Wildman–Crippen MR) is 75.1 cm³/mol. The predicted octanol–water partition coefficient (Wildman–Crippen LogP) is 2.43. The number of hydrogen-bond donors (Lipinski definition) is 1. The highest BCUT2D eigenvalue weighted by Gasteiger charge is 2.25. The number of aromatic nitrogens is 3. The van der Waals surface area contributed by atoms with Gasteiger partial charge in [0.2, 0.25) is 0 Å². The molecular weight excluding hydrogens is 309 g/mol. The standard InChI is InChI=1S/C15H15F3N4O/c1-22-13(20-21-14(22)8-3-2-4-8)7-19-15(23)9-5-11(17)12(18)6-10(9)16/h5-6,8H,2-4,7H2,1H3,(H,19,23). The third-order valence-electron chi connectivity index (χ3n) is 4.13. The van der Waals surface area contributed by atoms with E-state index in [1.165, 1.54) is 6.42 Å². The number of amides is 1. The maximum atomic E-state index is 13.5. The molecule has 0 atom stereocenters. The molecule has 1 aliphatic carbocycles. The fourth-order valence-corrected chi connectivity index (χ4v) is 2.50. The molecule has 1 aromatic heterocycles.